The van der Waals surface area contributed by atoms with E-state index < -0.39 is 5.91 Å². The van der Waals surface area contributed by atoms with Crippen molar-refractivity contribution in [1.82, 2.24) is 9.97 Å². The lowest BCUT2D eigenvalue weighted by Gasteiger charge is -2.08. The Bertz CT molecular complexity index is 621. The second-order valence-corrected chi connectivity index (χ2v) is 4.22. The monoisotopic (exact) mass is 259 g/mol. The van der Waals surface area contributed by atoms with Gasteiger partial charge in [0.15, 0.2) is 17.3 Å². The van der Waals surface area contributed by atoms with E-state index in [1.54, 1.807) is 6.20 Å². The smallest absolute Gasteiger partial charge is 0.284 e. The zero-order valence-corrected chi connectivity index (χ0v) is 10.2. The molecule has 0 saturated carbocycles. The van der Waals surface area contributed by atoms with E-state index in [-0.39, 0.29) is 5.82 Å². The van der Waals surface area contributed by atoms with E-state index in [0.29, 0.717) is 24.7 Å². The van der Waals surface area contributed by atoms with Gasteiger partial charge in [0.25, 0.3) is 5.91 Å². The topological polar surface area (TPSA) is 90.2 Å². The molecule has 1 aliphatic heterocycles. The predicted octanol–water partition coefficient (Wildman–Crippen LogP) is 1.34. The maximum Gasteiger partial charge on any atom is 0.284 e. The number of nitrogens with one attached hydrogen (secondary N) is 1. The zero-order valence-electron chi connectivity index (χ0n) is 10.2. The lowest BCUT2D eigenvalue weighted by Crippen LogP contribution is -2.12. The van der Waals surface area contributed by atoms with Crippen molar-refractivity contribution in [2.75, 3.05) is 13.2 Å². The fourth-order valence-corrected chi connectivity index (χ4v) is 1.92. The minimum Gasteiger partial charge on any atom is -0.490 e. The van der Waals surface area contributed by atoms with Gasteiger partial charge in [0.1, 0.15) is 0 Å². The van der Waals surface area contributed by atoms with Crippen molar-refractivity contribution >= 4 is 5.91 Å². The van der Waals surface area contributed by atoms with Crippen LogP contribution in [0.15, 0.2) is 24.4 Å². The number of carbonyl (C=O) groups excluding carboxylic acids is 1. The van der Waals surface area contributed by atoms with Gasteiger partial charge < -0.3 is 20.2 Å². The molecule has 2 aromatic rings. The Labute approximate surface area is 109 Å². The molecule has 1 amide bonds. The highest BCUT2D eigenvalue weighted by molar-refractivity contribution is 5.89. The molecule has 3 rings (SSSR count). The van der Waals surface area contributed by atoms with Crippen LogP contribution in [0.25, 0.3) is 11.3 Å². The number of carbonyl (C=O) groups is 1. The van der Waals surface area contributed by atoms with Crippen molar-refractivity contribution < 1.29 is 14.3 Å². The van der Waals surface area contributed by atoms with E-state index in [0.717, 1.165) is 17.7 Å². The summed E-state index contributed by atoms with van der Waals surface area (Å²) in [4.78, 5) is 17.8. The van der Waals surface area contributed by atoms with Crippen LogP contribution in [0.2, 0.25) is 0 Å². The highest BCUT2D eigenvalue weighted by Gasteiger charge is 2.13. The molecule has 0 spiro atoms. The van der Waals surface area contributed by atoms with Crippen molar-refractivity contribution in [2.45, 2.75) is 6.42 Å². The fourth-order valence-electron chi connectivity index (χ4n) is 1.92. The third kappa shape index (κ3) is 2.24. The van der Waals surface area contributed by atoms with Gasteiger partial charge in [0, 0.05) is 12.0 Å². The number of aromatic nitrogens is 2. The number of aromatic amines is 1. The Morgan fingerprint density at radius 2 is 2.05 bits per heavy atom. The molecule has 2 heterocycles. The van der Waals surface area contributed by atoms with E-state index in [9.17, 15) is 4.79 Å². The largest absolute Gasteiger partial charge is 0.490 e. The molecule has 1 aliphatic rings. The molecule has 0 saturated heterocycles. The quantitative estimate of drug-likeness (QED) is 0.851. The van der Waals surface area contributed by atoms with Crippen LogP contribution in [0.3, 0.4) is 0 Å². The number of fused-ring (bicyclic) bond motifs is 1. The van der Waals surface area contributed by atoms with Gasteiger partial charge in [-0.25, -0.2) is 4.98 Å². The Morgan fingerprint density at radius 3 is 2.79 bits per heavy atom. The Morgan fingerprint density at radius 1 is 1.26 bits per heavy atom. The summed E-state index contributed by atoms with van der Waals surface area (Å²) >= 11 is 0. The maximum absolute atomic E-state index is 11.0. The number of nitrogens with zero attached hydrogens (tertiary/aromatic N) is 1. The third-order valence-electron chi connectivity index (χ3n) is 2.87. The van der Waals surface area contributed by atoms with E-state index >= 15 is 0 Å². The SMILES string of the molecule is NC(=O)c1ncc(-c2ccc3c(c2)OCCCO3)[nH]1. The minimum absolute atomic E-state index is 0.141. The van der Waals surface area contributed by atoms with Crippen LogP contribution < -0.4 is 15.2 Å². The Balaban J connectivity index is 1.96. The van der Waals surface area contributed by atoms with Crippen LogP contribution in [-0.4, -0.2) is 29.1 Å². The van der Waals surface area contributed by atoms with Gasteiger partial charge >= 0.3 is 0 Å². The first-order chi connectivity index (χ1) is 9.24. The highest BCUT2D eigenvalue weighted by Crippen LogP contribution is 2.33. The van der Waals surface area contributed by atoms with Crippen molar-refractivity contribution in [3.8, 4) is 22.8 Å². The van der Waals surface area contributed by atoms with E-state index in [1.807, 2.05) is 18.2 Å². The summed E-state index contributed by atoms with van der Waals surface area (Å²) in [5.74, 6) is 0.990. The number of rotatable bonds is 2. The second kappa shape index (κ2) is 4.64. The van der Waals surface area contributed by atoms with Crippen LogP contribution in [0.5, 0.6) is 11.5 Å². The average Bonchev–Trinajstić information content (AvgIpc) is 2.78. The summed E-state index contributed by atoms with van der Waals surface area (Å²) in [6.07, 6.45) is 2.43. The van der Waals surface area contributed by atoms with Crippen molar-refractivity contribution in [2.24, 2.45) is 5.73 Å². The first kappa shape index (κ1) is 11.6. The summed E-state index contributed by atoms with van der Waals surface area (Å²) in [6.45, 7) is 1.29. The number of ether oxygens (including phenoxy) is 2. The van der Waals surface area contributed by atoms with E-state index in [2.05, 4.69) is 9.97 Å². The molecule has 6 nitrogen and oxygen atoms in total. The average molecular weight is 259 g/mol. The summed E-state index contributed by atoms with van der Waals surface area (Å²) in [5.41, 5.74) is 6.74. The molecular weight excluding hydrogens is 246 g/mol. The van der Waals surface area contributed by atoms with Crippen LogP contribution in [0.4, 0.5) is 0 Å². The highest BCUT2D eigenvalue weighted by atomic mass is 16.5. The number of amides is 1. The molecule has 0 fully saturated rings. The predicted molar refractivity (Wildman–Crippen MR) is 68.1 cm³/mol. The molecule has 1 aromatic carbocycles. The first-order valence-electron chi connectivity index (χ1n) is 5.99. The van der Waals surface area contributed by atoms with Gasteiger partial charge in [-0.1, -0.05) is 0 Å². The van der Waals surface area contributed by atoms with Gasteiger partial charge in [-0.15, -0.1) is 0 Å². The van der Waals surface area contributed by atoms with Crippen molar-refractivity contribution in [3.05, 3.63) is 30.2 Å². The number of nitrogens with two attached hydrogens (primary N) is 1. The van der Waals surface area contributed by atoms with Crippen molar-refractivity contribution in [1.29, 1.82) is 0 Å². The molecule has 0 unspecified atom stereocenters. The summed E-state index contributed by atoms with van der Waals surface area (Å²) in [6, 6.07) is 5.59. The van der Waals surface area contributed by atoms with Gasteiger partial charge in [0.05, 0.1) is 25.1 Å². The third-order valence-corrected chi connectivity index (χ3v) is 2.87. The molecule has 98 valence electrons. The lowest BCUT2D eigenvalue weighted by atomic mass is 10.1. The van der Waals surface area contributed by atoms with Gasteiger partial charge in [-0.3, -0.25) is 4.79 Å². The fraction of sp³-hybridized carbons (Fsp3) is 0.231. The molecule has 3 N–H and O–H groups in total. The van der Waals surface area contributed by atoms with Crippen LogP contribution in [0.1, 0.15) is 17.0 Å². The second-order valence-electron chi connectivity index (χ2n) is 4.22. The van der Waals surface area contributed by atoms with Crippen LogP contribution in [-0.2, 0) is 0 Å². The zero-order chi connectivity index (χ0) is 13.2. The van der Waals surface area contributed by atoms with Gasteiger partial charge in [0.2, 0.25) is 0 Å². The number of hydrogen-bond donors (Lipinski definition) is 2. The molecule has 0 aliphatic carbocycles. The number of imidazole rings is 1. The molecule has 0 radical (unpaired) electrons. The first-order valence-corrected chi connectivity index (χ1v) is 5.99. The normalized spacial score (nSPS) is 13.9. The summed E-state index contributed by atoms with van der Waals surface area (Å²) in [5, 5.41) is 0. The minimum atomic E-state index is -0.583. The number of hydrogen-bond acceptors (Lipinski definition) is 4. The van der Waals surface area contributed by atoms with Crippen molar-refractivity contribution in [3.63, 3.8) is 0 Å². The molecule has 0 atom stereocenters. The molecule has 19 heavy (non-hydrogen) atoms. The Kier molecular flexibility index (Phi) is 2.83. The summed E-state index contributed by atoms with van der Waals surface area (Å²) < 4.78 is 11.2. The Hall–Kier alpha value is -2.50. The van der Waals surface area contributed by atoms with E-state index in [1.165, 1.54) is 0 Å². The maximum atomic E-state index is 11.0. The van der Waals surface area contributed by atoms with Crippen LogP contribution in [0, 0.1) is 0 Å². The standard InChI is InChI=1S/C13H13N3O3/c14-12(17)13-15-7-9(16-13)8-2-3-10-11(6-8)19-5-1-4-18-10/h2-3,6-7H,1,4-5H2,(H2,14,17)(H,15,16). The molecular formula is C13H13N3O3. The molecule has 6 heteroatoms. The van der Waals surface area contributed by atoms with Crippen LogP contribution >= 0.6 is 0 Å². The molecule has 0 bridgehead atoms. The lowest BCUT2D eigenvalue weighted by molar-refractivity contribution is 0.0991. The number of primary amides is 1. The number of H-pyrrole nitrogens is 1. The summed E-state index contributed by atoms with van der Waals surface area (Å²) in [7, 11) is 0. The van der Waals surface area contributed by atoms with Gasteiger partial charge in [-0.2, -0.15) is 0 Å². The van der Waals surface area contributed by atoms with Gasteiger partial charge in [-0.05, 0) is 18.2 Å². The van der Waals surface area contributed by atoms with E-state index in [4.69, 9.17) is 15.2 Å². The number of benzene rings is 1. The molecule has 1 aromatic heterocycles.